The lowest BCUT2D eigenvalue weighted by atomic mass is 9.91. The Labute approximate surface area is 235 Å². The van der Waals surface area contributed by atoms with Crippen LogP contribution in [-0.4, -0.2) is 104 Å². The molecule has 2 heterocycles. The molecule has 2 aliphatic rings. The van der Waals surface area contributed by atoms with Crippen molar-refractivity contribution in [2.45, 2.75) is 104 Å². The van der Waals surface area contributed by atoms with Gasteiger partial charge in [-0.1, -0.05) is 6.92 Å². The molecule has 4 unspecified atom stereocenters. The predicted octanol–water partition coefficient (Wildman–Crippen LogP) is 0.280. The van der Waals surface area contributed by atoms with Crippen LogP contribution in [0.2, 0.25) is 0 Å². The Morgan fingerprint density at radius 2 is 0.976 bits per heavy atom. The number of carbonyl (C=O) groups excluding carboxylic acids is 6. The van der Waals surface area contributed by atoms with Gasteiger partial charge in [-0.15, -0.1) is 0 Å². The average molecular weight is 595 g/mol. The van der Waals surface area contributed by atoms with E-state index in [0.717, 1.165) is 41.5 Å². The highest BCUT2D eigenvalue weighted by atomic mass is 19.1. The molecule has 15 nitrogen and oxygen atoms in total. The molecular formula is C25H35FO15. The SMILES string of the molecule is CC(=O)OCC1O[C@H](O[C@H]2O[C@H](COC(C)=O)[C@@H](OC(C)=O)C(OC(C)=O)C2C)C(OC(C)=O)[C@@H](OC(C)=O)[C@H]1F. The van der Waals surface area contributed by atoms with Crippen LogP contribution >= 0.6 is 0 Å². The molecule has 0 spiro atoms. The topological polar surface area (TPSA) is 185 Å². The molecule has 0 aromatic rings. The Hall–Kier alpha value is -3.37. The van der Waals surface area contributed by atoms with Crippen molar-refractivity contribution in [3.8, 4) is 0 Å². The van der Waals surface area contributed by atoms with E-state index in [-0.39, 0.29) is 0 Å². The van der Waals surface area contributed by atoms with E-state index in [4.69, 9.17) is 42.6 Å². The minimum absolute atomic E-state index is 0.450. The third-order valence-electron chi connectivity index (χ3n) is 5.89. The van der Waals surface area contributed by atoms with Gasteiger partial charge in [-0.05, 0) is 0 Å². The van der Waals surface area contributed by atoms with Crippen LogP contribution in [0, 0.1) is 5.92 Å². The molecule has 2 rings (SSSR count). The van der Waals surface area contributed by atoms with Gasteiger partial charge < -0.3 is 42.6 Å². The van der Waals surface area contributed by atoms with Gasteiger partial charge in [0.05, 0.1) is 0 Å². The van der Waals surface area contributed by atoms with Gasteiger partial charge in [-0.3, -0.25) is 28.8 Å². The van der Waals surface area contributed by atoms with E-state index in [0.29, 0.717) is 0 Å². The van der Waals surface area contributed by atoms with Gasteiger partial charge in [-0.2, -0.15) is 0 Å². The highest BCUT2D eigenvalue weighted by molar-refractivity contribution is 5.68. The van der Waals surface area contributed by atoms with Gasteiger partial charge in [0.1, 0.15) is 31.5 Å². The molecule has 2 fully saturated rings. The molecule has 0 bridgehead atoms. The predicted molar refractivity (Wildman–Crippen MR) is 128 cm³/mol. The summed E-state index contributed by atoms with van der Waals surface area (Å²) in [5.74, 6) is -5.64. The molecule has 10 atom stereocenters. The third kappa shape index (κ3) is 9.89. The Morgan fingerprint density at radius 3 is 1.46 bits per heavy atom. The highest BCUT2D eigenvalue weighted by Crippen LogP contribution is 2.36. The fraction of sp³-hybridized carbons (Fsp3) is 0.760. The Bertz CT molecular complexity index is 986. The molecule has 41 heavy (non-hydrogen) atoms. The largest absolute Gasteiger partial charge is 0.463 e. The lowest BCUT2D eigenvalue weighted by Gasteiger charge is -2.47. The van der Waals surface area contributed by atoms with Crippen molar-refractivity contribution in [3.63, 3.8) is 0 Å². The zero-order valence-corrected chi connectivity index (χ0v) is 23.7. The van der Waals surface area contributed by atoms with Crippen molar-refractivity contribution >= 4 is 35.8 Å². The minimum atomic E-state index is -2.12. The summed E-state index contributed by atoms with van der Waals surface area (Å²) in [5, 5.41) is 0. The number of carbonyl (C=O) groups is 6. The van der Waals surface area contributed by atoms with Gasteiger partial charge in [0.15, 0.2) is 30.8 Å². The average Bonchev–Trinajstić information content (AvgIpc) is 2.83. The Kier molecular flexibility index (Phi) is 12.4. The summed E-state index contributed by atoms with van der Waals surface area (Å²) in [6, 6.07) is 0. The van der Waals surface area contributed by atoms with Gasteiger partial charge in [0.2, 0.25) is 6.29 Å². The summed E-state index contributed by atoms with van der Waals surface area (Å²) in [6.07, 6.45) is -13.8. The smallest absolute Gasteiger partial charge is 0.303 e. The number of hydrogen-bond donors (Lipinski definition) is 0. The second-order valence-corrected chi connectivity index (χ2v) is 9.43. The quantitative estimate of drug-likeness (QED) is 0.248. The van der Waals surface area contributed by atoms with Crippen molar-refractivity contribution < 1.29 is 75.8 Å². The lowest BCUT2D eigenvalue weighted by molar-refractivity contribution is -0.366. The van der Waals surface area contributed by atoms with E-state index >= 15 is 4.39 Å². The number of esters is 6. The van der Waals surface area contributed by atoms with Gasteiger partial charge in [0, 0.05) is 47.5 Å². The van der Waals surface area contributed by atoms with Crippen LogP contribution in [0.4, 0.5) is 4.39 Å². The molecule has 0 aromatic heterocycles. The van der Waals surface area contributed by atoms with Crippen molar-refractivity contribution in [1.29, 1.82) is 0 Å². The van der Waals surface area contributed by atoms with E-state index in [9.17, 15) is 28.8 Å². The second kappa shape index (κ2) is 15.0. The third-order valence-corrected chi connectivity index (χ3v) is 5.89. The molecule has 0 amide bonds. The maximum absolute atomic E-state index is 15.4. The molecule has 0 aliphatic carbocycles. The molecule has 0 N–H and O–H groups in total. The molecule has 2 aliphatic heterocycles. The minimum Gasteiger partial charge on any atom is -0.463 e. The van der Waals surface area contributed by atoms with Crippen LogP contribution in [0.1, 0.15) is 48.5 Å². The summed E-state index contributed by atoms with van der Waals surface area (Å²) in [7, 11) is 0. The first-order chi connectivity index (χ1) is 19.1. The standard InChI is InChI=1S/C25H35FO15/c1-10-20(35-13(4)29)21(36-14(5)30)18(9-34-12(3)28)40-24(10)41-25-23(38-16(7)32)22(37-15(6)31)19(26)17(39-25)8-33-11(2)27/h10,17-25H,8-9H2,1-7H3/t10?,17?,18-,19+,20?,21-,22+,23?,24-,25-/m1/s1. The summed E-state index contributed by atoms with van der Waals surface area (Å²) in [5.41, 5.74) is 0. The first kappa shape index (κ1) is 33.8. The Morgan fingerprint density at radius 1 is 0.561 bits per heavy atom. The normalized spacial score (nSPS) is 33.1. The van der Waals surface area contributed by atoms with Crippen LogP contribution in [0.15, 0.2) is 0 Å². The van der Waals surface area contributed by atoms with E-state index in [1.165, 1.54) is 6.92 Å². The first-order valence-corrected chi connectivity index (χ1v) is 12.7. The van der Waals surface area contributed by atoms with Gasteiger partial charge in [0.25, 0.3) is 0 Å². The first-order valence-electron chi connectivity index (χ1n) is 12.7. The van der Waals surface area contributed by atoms with Gasteiger partial charge in [-0.25, -0.2) is 4.39 Å². The number of ether oxygens (including phenoxy) is 9. The number of halogens is 1. The number of alkyl halides is 1. The molecular weight excluding hydrogens is 559 g/mol. The van der Waals surface area contributed by atoms with Crippen molar-refractivity contribution in [2.24, 2.45) is 5.92 Å². The second-order valence-electron chi connectivity index (χ2n) is 9.43. The molecule has 2 saturated heterocycles. The Balaban J connectivity index is 2.47. The molecule has 232 valence electrons. The van der Waals surface area contributed by atoms with Crippen LogP contribution in [0.3, 0.4) is 0 Å². The zero-order chi connectivity index (χ0) is 31.0. The maximum Gasteiger partial charge on any atom is 0.303 e. The number of rotatable bonds is 10. The van der Waals surface area contributed by atoms with Crippen molar-refractivity contribution in [2.75, 3.05) is 13.2 Å². The molecule has 0 aromatic carbocycles. The van der Waals surface area contributed by atoms with Crippen LogP contribution in [-0.2, 0) is 71.4 Å². The van der Waals surface area contributed by atoms with Crippen LogP contribution < -0.4 is 0 Å². The fourth-order valence-electron chi connectivity index (χ4n) is 4.31. The van der Waals surface area contributed by atoms with Crippen molar-refractivity contribution in [1.82, 2.24) is 0 Å². The summed E-state index contributed by atoms with van der Waals surface area (Å²) in [4.78, 5) is 70.4. The monoisotopic (exact) mass is 594 g/mol. The summed E-state index contributed by atoms with van der Waals surface area (Å²) < 4.78 is 64.0. The van der Waals surface area contributed by atoms with Crippen LogP contribution in [0.25, 0.3) is 0 Å². The fourth-order valence-corrected chi connectivity index (χ4v) is 4.31. The molecule has 16 heteroatoms. The lowest BCUT2D eigenvalue weighted by Crippen LogP contribution is -2.63. The zero-order valence-electron chi connectivity index (χ0n) is 23.7. The van der Waals surface area contributed by atoms with E-state index < -0.39 is 110 Å². The highest BCUT2D eigenvalue weighted by Gasteiger charge is 2.55. The molecule has 0 saturated carbocycles. The van der Waals surface area contributed by atoms with E-state index in [1.54, 1.807) is 0 Å². The van der Waals surface area contributed by atoms with E-state index in [2.05, 4.69) is 0 Å². The van der Waals surface area contributed by atoms with Gasteiger partial charge >= 0.3 is 35.8 Å². The van der Waals surface area contributed by atoms with Crippen LogP contribution in [0.5, 0.6) is 0 Å². The number of hydrogen-bond acceptors (Lipinski definition) is 15. The van der Waals surface area contributed by atoms with E-state index in [1.807, 2.05) is 0 Å². The van der Waals surface area contributed by atoms with Crippen molar-refractivity contribution in [3.05, 3.63) is 0 Å². The summed E-state index contributed by atoms with van der Waals surface area (Å²) >= 11 is 0. The maximum atomic E-state index is 15.4. The summed E-state index contributed by atoms with van der Waals surface area (Å²) in [6.45, 7) is 6.94. The molecule has 0 radical (unpaired) electrons.